The van der Waals surface area contributed by atoms with Crippen molar-refractivity contribution in [3.8, 4) is 5.75 Å². The first-order chi connectivity index (χ1) is 14.0. The van der Waals surface area contributed by atoms with Gasteiger partial charge in [0.1, 0.15) is 11.4 Å². The highest BCUT2D eigenvalue weighted by Gasteiger charge is 2.35. The van der Waals surface area contributed by atoms with Crippen LogP contribution in [0.25, 0.3) is 10.9 Å². The Morgan fingerprint density at radius 2 is 1.76 bits per heavy atom. The van der Waals surface area contributed by atoms with Crippen LogP contribution in [0.3, 0.4) is 0 Å². The molecule has 0 bridgehead atoms. The first-order valence-electron chi connectivity index (χ1n) is 9.36. The number of ether oxygens (including phenoxy) is 2. The van der Waals surface area contributed by atoms with Crippen LogP contribution in [0.15, 0.2) is 42.5 Å². The van der Waals surface area contributed by atoms with Crippen LogP contribution in [0.2, 0.25) is 0 Å². The Balaban J connectivity index is 1.67. The quantitative estimate of drug-likeness (QED) is 0.514. The molecule has 7 nitrogen and oxygen atoms in total. The lowest BCUT2D eigenvalue weighted by Crippen LogP contribution is -2.32. The molecule has 0 fully saturated rings. The molecule has 1 aromatic heterocycles. The smallest absolute Gasteiger partial charge is 0.355 e. The van der Waals surface area contributed by atoms with Gasteiger partial charge in [-0.3, -0.25) is 14.5 Å². The number of carbonyl (C=O) groups is 3. The molecule has 0 atom stereocenters. The van der Waals surface area contributed by atoms with Crippen molar-refractivity contribution in [3.63, 3.8) is 0 Å². The minimum atomic E-state index is -0.472. The number of hydrogen-bond acceptors (Lipinski definition) is 5. The van der Waals surface area contributed by atoms with Gasteiger partial charge in [0, 0.05) is 18.0 Å². The molecule has 2 aromatic carbocycles. The van der Waals surface area contributed by atoms with E-state index in [0.717, 1.165) is 10.9 Å². The Bertz CT molecular complexity index is 1100. The van der Waals surface area contributed by atoms with Crippen LogP contribution in [-0.4, -0.2) is 47.9 Å². The van der Waals surface area contributed by atoms with Crippen LogP contribution < -0.4 is 4.74 Å². The zero-order valence-corrected chi connectivity index (χ0v) is 16.2. The molecule has 3 aromatic rings. The number of aromatic amines is 1. The third-order valence-corrected chi connectivity index (χ3v) is 5.06. The second-order valence-electron chi connectivity index (χ2n) is 6.67. The van der Waals surface area contributed by atoms with Crippen molar-refractivity contribution in [2.24, 2.45) is 0 Å². The normalized spacial score (nSPS) is 13.1. The summed E-state index contributed by atoms with van der Waals surface area (Å²) in [6.45, 7) is 2.15. The van der Waals surface area contributed by atoms with Crippen molar-refractivity contribution in [1.29, 1.82) is 0 Å². The maximum absolute atomic E-state index is 12.6. The molecule has 1 N–H and O–H groups in total. The summed E-state index contributed by atoms with van der Waals surface area (Å²) in [6.07, 6.45) is 0.325. The van der Waals surface area contributed by atoms with Gasteiger partial charge >= 0.3 is 5.97 Å². The lowest BCUT2D eigenvalue weighted by atomic mass is 10.1. The van der Waals surface area contributed by atoms with Gasteiger partial charge < -0.3 is 14.5 Å². The molecule has 0 radical (unpaired) electrons. The molecular weight excluding hydrogens is 372 g/mol. The van der Waals surface area contributed by atoms with Crippen LogP contribution >= 0.6 is 0 Å². The number of aromatic nitrogens is 1. The van der Waals surface area contributed by atoms with Gasteiger partial charge in [-0.25, -0.2) is 4.79 Å². The fourth-order valence-electron chi connectivity index (χ4n) is 3.66. The molecule has 148 valence electrons. The van der Waals surface area contributed by atoms with Gasteiger partial charge in [-0.05, 0) is 43.2 Å². The summed E-state index contributed by atoms with van der Waals surface area (Å²) in [6, 6.07) is 12.2. The molecular formula is C22H20N2O5. The lowest BCUT2D eigenvalue weighted by molar-refractivity contribution is 0.0519. The third-order valence-electron chi connectivity index (χ3n) is 5.06. The van der Waals surface area contributed by atoms with Crippen molar-refractivity contribution < 1.29 is 23.9 Å². The van der Waals surface area contributed by atoms with E-state index in [9.17, 15) is 14.4 Å². The van der Waals surface area contributed by atoms with Crippen LogP contribution in [0.1, 0.15) is 43.7 Å². The van der Waals surface area contributed by atoms with E-state index in [1.807, 2.05) is 6.07 Å². The number of carbonyl (C=O) groups excluding carboxylic acids is 3. The number of nitrogens with one attached hydrogen (secondary N) is 1. The molecule has 0 saturated heterocycles. The van der Waals surface area contributed by atoms with Gasteiger partial charge in [-0.2, -0.15) is 0 Å². The van der Waals surface area contributed by atoms with Gasteiger partial charge in [-0.1, -0.05) is 12.1 Å². The number of rotatable bonds is 6. The van der Waals surface area contributed by atoms with Crippen molar-refractivity contribution in [2.75, 3.05) is 20.3 Å². The predicted octanol–water partition coefficient (Wildman–Crippen LogP) is 3.19. The van der Waals surface area contributed by atoms with E-state index in [0.29, 0.717) is 34.6 Å². The first-order valence-corrected chi connectivity index (χ1v) is 9.36. The van der Waals surface area contributed by atoms with Gasteiger partial charge in [0.15, 0.2) is 0 Å². The van der Waals surface area contributed by atoms with Gasteiger partial charge in [0.2, 0.25) is 0 Å². The van der Waals surface area contributed by atoms with E-state index < -0.39 is 5.97 Å². The summed E-state index contributed by atoms with van der Waals surface area (Å²) in [5.74, 6) is -0.448. The molecule has 1 aliphatic heterocycles. The number of fused-ring (bicyclic) bond motifs is 2. The van der Waals surface area contributed by atoms with Gasteiger partial charge in [0.05, 0.1) is 30.4 Å². The highest BCUT2D eigenvalue weighted by molar-refractivity contribution is 6.21. The maximum atomic E-state index is 12.6. The SMILES string of the molecule is CCOC(=O)c1[nH]c2cc(OC)ccc2c1CCN1C(=O)c2ccccc2C1=O. The predicted molar refractivity (Wildman–Crippen MR) is 106 cm³/mol. The fourth-order valence-corrected chi connectivity index (χ4v) is 3.66. The first kappa shape index (κ1) is 18.7. The summed E-state index contributed by atoms with van der Waals surface area (Å²) in [5, 5.41) is 0.825. The molecule has 2 amide bonds. The summed E-state index contributed by atoms with van der Waals surface area (Å²) >= 11 is 0. The Labute approximate surface area is 167 Å². The number of hydrogen-bond donors (Lipinski definition) is 1. The second-order valence-corrected chi connectivity index (χ2v) is 6.67. The van der Waals surface area contributed by atoms with E-state index in [4.69, 9.17) is 9.47 Å². The number of amides is 2. The van der Waals surface area contributed by atoms with E-state index in [1.165, 1.54) is 4.90 Å². The number of nitrogens with zero attached hydrogens (tertiary/aromatic N) is 1. The average molecular weight is 392 g/mol. The third kappa shape index (κ3) is 3.14. The number of esters is 1. The van der Waals surface area contributed by atoms with Crippen LogP contribution in [-0.2, 0) is 11.2 Å². The molecule has 0 saturated carbocycles. The number of methoxy groups -OCH3 is 1. The zero-order chi connectivity index (χ0) is 20.5. The van der Waals surface area contributed by atoms with Crippen LogP contribution in [0, 0.1) is 0 Å². The highest BCUT2D eigenvalue weighted by Crippen LogP contribution is 2.29. The standard InChI is InChI=1S/C22H20N2O5/c1-3-29-22(27)19-15(14-9-8-13(28-2)12-18(14)23-19)10-11-24-20(25)16-6-4-5-7-17(16)21(24)26/h4-9,12,23H,3,10-11H2,1-2H3. The highest BCUT2D eigenvalue weighted by atomic mass is 16.5. The van der Waals surface area contributed by atoms with Crippen molar-refractivity contribution in [1.82, 2.24) is 9.88 Å². The van der Waals surface area contributed by atoms with Crippen molar-refractivity contribution in [2.45, 2.75) is 13.3 Å². The van der Waals surface area contributed by atoms with E-state index in [1.54, 1.807) is 50.4 Å². The minimum absolute atomic E-state index is 0.164. The second kappa shape index (κ2) is 7.43. The monoisotopic (exact) mass is 392 g/mol. The van der Waals surface area contributed by atoms with E-state index in [-0.39, 0.29) is 25.0 Å². The average Bonchev–Trinajstić information content (AvgIpc) is 3.22. The topological polar surface area (TPSA) is 88.7 Å². The molecule has 2 heterocycles. The van der Waals surface area contributed by atoms with Gasteiger partial charge in [-0.15, -0.1) is 0 Å². The van der Waals surface area contributed by atoms with Gasteiger partial charge in [0.25, 0.3) is 11.8 Å². The Morgan fingerprint density at radius 1 is 1.07 bits per heavy atom. The van der Waals surface area contributed by atoms with E-state index >= 15 is 0 Å². The zero-order valence-electron chi connectivity index (χ0n) is 16.2. The van der Waals surface area contributed by atoms with Crippen LogP contribution in [0.4, 0.5) is 0 Å². The summed E-state index contributed by atoms with van der Waals surface area (Å²) in [5.41, 5.74) is 2.58. The van der Waals surface area contributed by atoms with Crippen molar-refractivity contribution in [3.05, 3.63) is 64.8 Å². The lowest BCUT2D eigenvalue weighted by Gasteiger charge is -2.14. The molecule has 29 heavy (non-hydrogen) atoms. The minimum Gasteiger partial charge on any atom is -0.497 e. The molecule has 0 unspecified atom stereocenters. The number of imide groups is 1. The Kier molecular flexibility index (Phi) is 4.80. The number of H-pyrrole nitrogens is 1. The largest absolute Gasteiger partial charge is 0.497 e. The van der Waals surface area contributed by atoms with Crippen LogP contribution in [0.5, 0.6) is 5.75 Å². The molecule has 7 heteroatoms. The Morgan fingerprint density at radius 3 is 2.38 bits per heavy atom. The molecule has 0 aliphatic carbocycles. The Hall–Kier alpha value is -3.61. The van der Waals surface area contributed by atoms with E-state index in [2.05, 4.69) is 4.98 Å². The number of benzene rings is 2. The van der Waals surface area contributed by atoms with Crippen molar-refractivity contribution >= 4 is 28.7 Å². The summed E-state index contributed by atoms with van der Waals surface area (Å²) in [4.78, 5) is 42.0. The summed E-state index contributed by atoms with van der Waals surface area (Å²) < 4.78 is 10.4. The molecule has 0 spiro atoms. The molecule has 1 aliphatic rings. The maximum Gasteiger partial charge on any atom is 0.355 e. The molecule has 4 rings (SSSR count). The fraction of sp³-hybridized carbons (Fsp3) is 0.227. The summed E-state index contributed by atoms with van der Waals surface area (Å²) in [7, 11) is 1.57.